The molecule has 0 unspecified atom stereocenters. The van der Waals surface area contributed by atoms with E-state index in [0.717, 1.165) is 22.3 Å². The second-order valence-corrected chi connectivity index (χ2v) is 8.36. The van der Waals surface area contributed by atoms with E-state index in [0.29, 0.717) is 6.42 Å². The zero-order chi connectivity index (χ0) is 25.0. The van der Waals surface area contributed by atoms with Crippen molar-refractivity contribution in [3.8, 4) is 0 Å². The van der Waals surface area contributed by atoms with E-state index in [9.17, 15) is 9.59 Å². The second kappa shape index (κ2) is 12.9. The molecule has 1 atom stereocenters. The molecule has 6 nitrogen and oxygen atoms in total. The lowest BCUT2D eigenvalue weighted by atomic mass is 9.97. The van der Waals surface area contributed by atoms with Gasteiger partial charge < -0.3 is 10.6 Å². The molecule has 6 heteroatoms. The fourth-order valence-corrected chi connectivity index (χ4v) is 3.90. The number of benzene rings is 4. The number of carbonyl (C=O) groups is 2. The molecule has 0 heterocycles. The zero-order valence-electron chi connectivity index (χ0n) is 19.8. The Kier molecular flexibility index (Phi) is 8.84. The minimum Gasteiger partial charge on any atom is -0.343 e. The van der Waals surface area contributed by atoms with Crippen LogP contribution in [0.15, 0.2) is 121 Å². The topological polar surface area (TPSA) is 79.5 Å². The van der Waals surface area contributed by atoms with E-state index in [1.807, 2.05) is 121 Å². The number of hydrogen-bond donors (Lipinski definition) is 3. The van der Waals surface area contributed by atoms with Crippen molar-refractivity contribution in [2.45, 2.75) is 25.1 Å². The summed E-state index contributed by atoms with van der Waals surface area (Å²) in [4.78, 5) is 31.5. The van der Waals surface area contributed by atoms with Crippen LogP contribution in [0.2, 0.25) is 0 Å². The number of nitrogens with one attached hydrogen (secondary N) is 3. The van der Waals surface area contributed by atoms with Crippen LogP contribution in [0, 0.1) is 0 Å². The predicted molar refractivity (Wildman–Crippen MR) is 140 cm³/mol. The van der Waals surface area contributed by atoms with Gasteiger partial charge in [0.2, 0.25) is 5.91 Å². The molecular formula is C30H29N3O3. The lowest BCUT2D eigenvalue weighted by molar-refractivity contribution is -0.123. The Balaban J connectivity index is 1.47. The molecule has 0 saturated heterocycles. The van der Waals surface area contributed by atoms with Crippen LogP contribution in [0.5, 0.6) is 0 Å². The van der Waals surface area contributed by atoms with Crippen molar-refractivity contribution in [3.63, 3.8) is 0 Å². The molecule has 182 valence electrons. The molecule has 4 rings (SSSR count). The fourth-order valence-electron chi connectivity index (χ4n) is 3.90. The summed E-state index contributed by atoms with van der Waals surface area (Å²) in [5.74, 6) is -0.297. The number of hydrogen-bond acceptors (Lipinski definition) is 3. The van der Waals surface area contributed by atoms with Gasteiger partial charge in [0.1, 0.15) is 6.04 Å². The third kappa shape index (κ3) is 7.29. The first-order chi connectivity index (χ1) is 17.7. The Bertz CT molecular complexity index is 1180. The second-order valence-electron chi connectivity index (χ2n) is 8.36. The van der Waals surface area contributed by atoms with Crippen LogP contribution < -0.4 is 16.1 Å². The molecule has 0 aliphatic heterocycles. The molecule has 4 aromatic rings. The first kappa shape index (κ1) is 24.7. The highest BCUT2D eigenvalue weighted by Gasteiger charge is 2.25. The molecule has 3 N–H and O–H groups in total. The quantitative estimate of drug-likeness (QED) is 0.282. The third-order valence-corrected chi connectivity index (χ3v) is 5.70. The first-order valence-electron chi connectivity index (χ1n) is 11.9. The molecule has 0 bridgehead atoms. The van der Waals surface area contributed by atoms with E-state index < -0.39 is 12.1 Å². The minimum absolute atomic E-state index is 0.216. The normalized spacial score (nSPS) is 11.5. The molecular weight excluding hydrogens is 450 g/mol. The lowest BCUT2D eigenvalue weighted by Gasteiger charge is -2.24. The summed E-state index contributed by atoms with van der Waals surface area (Å²) in [5, 5.41) is 5.91. The molecule has 0 fully saturated rings. The number of urea groups is 1. The number of amides is 3. The molecule has 4 aromatic carbocycles. The van der Waals surface area contributed by atoms with Crippen LogP contribution in [0.25, 0.3) is 0 Å². The van der Waals surface area contributed by atoms with Gasteiger partial charge in [-0.25, -0.2) is 10.3 Å². The maximum atomic E-state index is 13.5. The molecule has 0 saturated carbocycles. The summed E-state index contributed by atoms with van der Waals surface area (Å²) in [6.45, 7) is 0.216. The Labute approximate surface area is 211 Å². The van der Waals surface area contributed by atoms with E-state index in [2.05, 4.69) is 16.1 Å². The summed E-state index contributed by atoms with van der Waals surface area (Å²) < 4.78 is 0. The van der Waals surface area contributed by atoms with Gasteiger partial charge in [-0.1, -0.05) is 121 Å². The van der Waals surface area contributed by atoms with Crippen LogP contribution in [0.1, 0.15) is 28.3 Å². The molecule has 0 spiro atoms. The van der Waals surface area contributed by atoms with Crippen molar-refractivity contribution >= 4 is 11.9 Å². The van der Waals surface area contributed by atoms with Crippen molar-refractivity contribution in [1.29, 1.82) is 0 Å². The van der Waals surface area contributed by atoms with Crippen LogP contribution >= 0.6 is 0 Å². The third-order valence-electron chi connectivity index (χ3n) is 5.70. The fraction of sp³-hybridized carbons (Fsp3) is 0.133. The summed E-state index contributed by atoms with van der Waals surface area (Å²) in [6, 6.07) is 36.9. The smallest absolute Gasteiger partial charge is 0.339 e. The molecule has 3 amide bonds. The van der Waals surface area contributed by atoms with Crippen molar-refractivity contribution < 1.29 is 14.4 Å². The number of rotatable bonds is 10. The van der Waals surface area contributed by atoms with Gasteiger partial charge in [-0.15, -0.1) is 0 Å². The summed E-state index contributed by atoms with van der Waals surface area (Å²) >= 11 is 0. The van der Waals surface area contributed by atoms with Gasteiger partial charge in [0, 0.05) is 6.42 Å². The highest BCUT2D eigenvalue weighted by Crippen LogP contribution is 2.22. The molecule has 0 radical (unpaired) electrons. The van der Waals surface area contributed by atoms with E-state index in [1.165, 1.54) is 0 Å². The van der Waals surface area contributed by atoms with Gasteiger partial charge in [-0.05, 0) is 22.3 Å². The predicted octanol–water partition coefficient (Wildman–Crippen LogP) is 4.93. The summed E-state index contributed by atoms with van der Waals surface area (Å²) in [7, 11) is 0. The van der Waals surface area contributed by atoms with Gasteiger partial charge in [0.25, 0.3) is 0 Å². The Hall–Kier alpha value is -4.42. The average molecular weight is 480 g/mol. The number of hydroxylamine groups is 1. The SMILES string of the molecule is O=C(NOCc1ccccc1)N[C@@H](Cc1ccccc1)C(=O)NC(c1ccccc1)c1ccccc1. The Morgan fingerprint density at radius 1 is 0.611 bits per heavy atom. The monoisotopic (exact) mass is 479 g/mol. The molecule has 0 aromatic heterocycles. The number of carbonyl (C=O) groups excluding carboxylic acids is 2. The van der Waals surface area contributed by atoms with Crippen molar-refractivity contribution in [2.24, 2.45) is 0 Å². The highest BCUT2D eigenvalue weighted by molar-refractivity contribution is 5.87. The van der Waals surface area contributed by atoms with Crippen molar-refractivity contribution in [1.82, 2.24) is 16.1 Å². The van der Waals surface area contributed by atoms with Gasteiger partial charge in [0.05, 0.1) is 12.6 Å². The Morgan fingerprint density at radius 2 is 1.08 bits per heavy atom. The first-order valence-corrected chi connectivity index (χ1v) is 11.9. The van der Waals surface area contributed by atoms with Gasteiger partial charge in [-0.2, -0.15) is 0 Å². The lowest BCUT2D eigenvalue weighted by Crippen LogP contribution is -2.51. The van der Waals surface area contributed by atoms with Crippen LogP contribution in [-0.2, 0) is 22.7 Å². The molecule has 0 aliphatic carbocycles. The summed E-state index contributed by atoms with van der Waals surface area (Å²) in [5.41, 5.74) is 6.14. The maximum absolute atomic E-state index is 13.5. The van der Waals surface area contributed by atoms with E-state index >= 15 is 0 Å². The summed E-state index contributed by atoms with van der Waals surface area (Å²) in [6.07, 6.45) is 0.328. The van der Waals surface area contributed by atoms with Gasteiger partial charge in [-0.3, -0.25) is 9.63 Å². The zero-order valence-corrected chi connectivity index (χ0v) is 19.8. The highest BCUT2D eigenvalue weighted by atomic mass is 16.7. The van der Waals surface area contributed by atoms with E-state index in [-0.39, 0.29) is 18.6 Å². The van der Waals surface area contributed by atoms with Crippen LogP contribution in [0.3, 0.4) is 0 Å². The molecule has 36 heavy (non-hydrogen) atoms. The Morgan fingerprint density at radius 3 is 1.61 bits per heavy atom. The van der Waals surface area contributed by atoms with Gasteiger partial charge in [0.15, 0.2) is 0 Å². The van der Waals surface area contributed by atoms with Crippen LogP contribution in [-0.4, -0.2) is 18.0 Å². The van der Waals surface area contributed by atoms with E-state index in [4.69, 9.17) is 4.84 Å². The largest absolute Gasteiger partial charge is 0.343 e. The standard InChI is InChI=1S/C30H29N3O3/c34-29(32-28(25-17-9-3-10-18-25)26-19-11-4-12-20-26)27(21-23-13-5-1-6-14-23)31-30(35)33-36-22-24-15-7-2-8-16-24/h1-20,27-28H,21-22H2,(H,32,34)(H2,31,33,35)/t27-/m0/s1. The van der Waals surface area contributed by atoms with Crippen molar-refractivity contribution in [3.05, 3.63) is 144 Å². The molecule has 0 aliphatic rings. The van der Waals surface area contributed by atoms with Crippen molar-refractivity contribution in [2.75, 3.05) is 0 Å². The minimum atomic E-state index is -0.817. The van der Waals surface area contributed by atoms with Gasteiger partial charge >= 0.3 is 6.03 Å². The maximum Gasteiger partial charge on any atom is 0.339 e. The van der Waals surface area contributed by atoms with E-state index in [1.54, 1.807) is 0 Å². The average Bonchev–Trinajstić information content (AvgIpc) is 2.93. The van der Waals surface area contributed by atoms with Crippen LogP contribution in [0.4, 0.5) is 4.79 Å².